The molecule has 20 heavy (non-hydrogen) atoms. The average Bonchev–Trinajstić information content (AvgIpc) is 2.38. The van der Waals surface area contributed by atoms with Crippen molar-refractivity contribution in [3.05, 3.63) is 46.0 Å². The monoisotopic (exact) mass is 276 g/mol. The highest BCUT2D eigenvalue weighted by atomic mass is 16.6. The fraction of sp³-hybridized carbons (Fsp3) is 0.467. The summed E-state index contributed by atoms with van der Waals surface area (Å²) < 4.78 is 5.68. The van der Waals surface area contributed by atoms with E-state index in [1.54, 1.807) is 12.1 Å². The minimum absolute atomic E-state index is 0.146. The molecular formula is C15H20N2O3. The van der Waals surface area contributed by atoms with Crippen LogP contribution in [0, 0.1) is 10.1 Å². The Balaban J connectivity index is 1.98. The highest BCUT2D eigenvalue weighted by Crippen LogP contribution is 2.19. The van der Waals surface area contributed by atoms with Gasteiger partial charge in [0.1, 0.15) is 0 Å². The predicted molar refractivity (Wildman–Crippen MR) is 78.6 cm³/mol. The Labute approximate surface area is 119 Å². The maximum atomic E-state index is 10.9. The van der Waals surface area contributed by atoms with Crippen molar-refractivity contribution in [1.29, 1.82) is 0 Å². The van der Waals surface area contributed by atoms with Gasteiger partial charge in [-0.25, -0.2) is 0 Å². The number of hydrogen-bond donors (Lipinski definition) is 0. The summed E-state index contributed by atoms with van der Waals surface area (Å²) in [5.41, 5.74) is 0.791. The van der Waals surface area contributed by atoms with Crippen molar-refractivity contribution < 1.29 is 9.66 Å². The van der Waals surface area contributed by atoms with Gasteiger partial charge in [-0.3, -0.25) is 15.0 Å². The van der Waals surface area contributed by atoms with Gasteiger partial charge in [0.15, 0.2) is 0 Å². The van der Waals surface area contributed by atoms with Crippen LogP contribution in [0.25, 0.3) is 6.08 Å². The van der Waals surface area contributed by atoms with Crippen LogP contribution >= 0.6 is 0 Å². The second kappa shape index (κ2) is 6.63. The molecule has 1 saturated heterocycles. The molecule has 0 N–H and O–H groups in total. The van der Waals surface area contributed by atoms with E-state index < -0.39 is 0 Å². The molecule has 0 spiro atoms. The summed E-state index contributed by atoms with van der Waals surface area (Å²) in [6, 6.07) is 6.78. The molecule has 0 radical (unpaired) electrons. The molecule has 0 saturated carbocycles. The maximum absolute atomic E-state index is 10.9. The Morgan fingerprint density at radius 2 is 2.00 bits per heavy atom. The summed E-state index contributed by atoms with van der Waals surface area (Å²) >= 11 is 0. The molecule has 1 fully saturated rings. The second-order valence-electron chi connectivity index (χ2n) is 5.19. The first-order valence-corrected chi connectivity index (χ1v) is 6.84. The largest absolute Gasteiger partial charge is 0.373 e. The number of benzene rings is 1. The molecule has 5 nitrogen and oxygen atoms in total. The van der Waals surface area contributed by atoms with Crippen LogP contribution in [-0.4, -0.2) is 41.7 Å². The molecule has 1 aliphatic heterocycles. The van der Waals surface area contributed by atoms with E-state index in [0.29, 0.717) is 5.56 Å². The van der Waals surface area contributed by atoms with Crippen LogP contribution < -0.4 is 0 Å². The molecule has 2 unspecified atom stereocenters. The Hall–Kier alpha value is -1.72. The Bertz CT molecular complexity index is 492. The summed E-state index contributed by atoms with van der Waals surface area (Å²) in [4.78, 5) is 12.9. The fourth-order valence-corrected chi connectivity index (χ4v) is 2.56. The summed E-state index contributed by atoms with van der Waals surface area (Å²) in [5, 5.41) is 10.9. The molecule has 1 aromatic rings. The van der Waals surface area contributed by atoms with Crippen LogP contribution in [0.3, 0.4) is 0 Å². The SMILES string of the molecule is CC1CN(C/C=C/c2ccccc2[N+](=O)[O-])CC(C)O1. The minimum atomic E-state index is -0.349. The number of hydrogen-bond acceptors (Lipinski definition) is 4. The van der Waals surface area contributed by atoms with Crippen LogP contribution in [0.2, 0.25) is 0 Å². The highest BCUT2D eigenvalue weighted by Gasteiger charge is 2.20. The quantitative estimate of drug-likeness (QED) is 0.626. The van der Waals surface area contributed by atoms with Crippen molar-refractivity contribution in [2.24, 2.45) is 0 Å². The number of morpholine rings is 1. The molecule has 1 aromatic carbocycles. The Morgan fingerprint density at radius 3 is 2.65 bits per heavy atom. The molecule has 1 heterocycles. The van der Waals surface area contributed by atoms with Gasteiger partial charge in [-0.15, -0.1) is 0 Å². The second-order valence-corrected chi connectivity index (χ2v) is 5.19. The molecule has 0 bridgehead atoms. The number of nitro benzene ring substituents is 1. The van der Waals surface area contributed by atoms with Gasteiger partial charge in [0.25, 0.3) is 5.69 Å². The van der Waals surface area contributed by atoms with E-state index in [2.05, 4.69) is 18.7 Å². The number of ether oxygens (including phenoxy) is 1. The standard InChI is InChI=1S/C15H20N2O3/c1-12-10-16(11-13(2)20-12)9-5-7-14-6-3-4-8-15(14)17(18)19/h3-8,12-13H,9-11H2,1-2H3/b7-5+. The molecule has 5 heteroatoms. The predicted octanol–water partition coefficient (Wildman–Crippen LogP) is 2.72. The van der Waals surface area contributed by atoms with Crippen LogP contribution in [0.1, 0.15) is 19.4 Å². The van der Waals surface area contributed by atoms with Crippen molar-refractivity contribution in [2.75, 3.05) is 19.6 Å². The van der Waals surface area contributed by atoms with E-state index in [9.17, 15) is 10.1 Å². The van der Waals surface area contributed by atoms with Crippen LogP contribution in [0.5, 0.6) is 0 Å². The number of nitrogens with zero attached hydrogens (tertiary/aromatic N) is 2. The molecular weight excluding hydrogens is 256 g/mol. The zero-order valence-corrected chi connectivity index (χ0v) is 11.9. The van der Waals surface area contributed by atoms with E-state index in [1.807, 2.05) is 18.2 Å². The first kappa shape index (κ1) is 14.7. The molecule has 0 amide bonds. The van der Waals surface area contributed by atoms with Gasteiger partial charge in [0.05, 0.1) is 22.7 Å². The van der Waals surface area contributed by atoms with Crippen molar-refractivity contribution in [2.45, 2.75) is 26.1 Å². The summed E-state index contributed by atoms with van der Waals surface area (Å²) in [6.45, 7) is 6.70. The summed E-state index contributed by atoms with van der Waals surface area (Å²) in [5.74, 6) is 0. The van der Waals surface area contributed by atoms with Crippen LogP contribution in [0.15, 0.2) is 30.3 Å². The van der Waals surface area contributed by atoms with E-state index in [4.69, 9.17) is 4.74 Å². The van der Waals surface area contributed by atoms with E-state index in [-0.39, 0.29) is 22.8 Å². The van der Waals surface area contributed by atoms with Gasteiger partial charge in [-0.05, 0) is 19.9 Å². The number of rotatable bonds is 4. The molecule has 0 aromatic heterocycles. The lowest BCUT2D eigenvalue weighted by Crippen LogP contribution is -2.45. The fourth-order valence-electron chi connectivity index (χ4n) is 2.56. The molecule has 2 rings (SSSR count). The normalized spacial score (nSPS) is 24.1. The molecule has 108 valence electrons. The third-order valence-corrected chi connectivity index (χ3v) is 3.29. The third kappa shape index (κ3) is 3.88. The topological polar surface area (TPSA) is 55.6 Å². The van der Waals surface area contributed by atoms with Gasteiger partial charge in [0.2, 0.25) is 0 Å². The minimum Gasteiger partial charge on any atom is -0.373 e. The van der Waals surface area contributed by atoms with E-state index >= 15 is 0 Å². The Kier molecular flexibility index (Phi) is 4.87. The van der Waals surface area contributed by atoms with Crippen molar-refractivity contribution in [1.82, 2.24) is 4.90 Å². The van der Waals surface area contributed by atoms with Crippen LogP contribution in [-0.2, 0) is 4.74 Å². The van der Waals surface area contributed by atoms with Gasteiger partial charge >= 0.3 is 0 Å². The lowest BCUT2D eigenvalue weighted by atomic mass is 10.1. The molecule has 2 atom stereocenters. The first-order valence-electron chi connectivity index (χ1n) is 6.84. The van der Waals surface area contributed by atoms with Gasteiger partial charge < -0.3 is 4.74 Å². The van der Waals surface area contributed by atoms with Crippen molar-refractivity contribution in [3.63, 3.8) is 0 Å². The first-order chi connectivity index (χ1) is 9.56. The summed E-state index contributed by atoms with van der Waals surface area (Å²) in [7, 11) is 0. The maximum Gasteiger partial charge on any atom is 0.276 e. The molecule has 1 aliphatic rings. The number of nitro groups is 1. The van der Waals surface area contributed by atoms with Gasteiger partial charge in [-0.2, -0.15) is 0 Å². The third-order valence-electron chi connectivity index (χ3n) is 3.29. The highest BCUT2D eigenvalue weighted by molar-refractivity contribution is 5.60. The van der Waals surface area contributed by atoms with Gasteiger partial charge in [-0.1, -0.05) is 24.3 Å². The Morgan fingerprint density at radius 1 is 1.35 bits per heavy atom. The number of para-hydroxylation sites is 1. The molecule has 0 aliphatic carbocycles. The van der Waals surface area contributed by atoms with E-state index in [0.717, 1.165) is 19.6 Å². The van der Waals surface area contributed by atoms with Crippen LogP contribution in [0.4, 0.5) is 5.69 Å². The lowest BCUT2D eigenvalue weighted by molar-refractivity contribution is -0.385. The zero-order valence-electron chi connectivity index (χ0n) is 11.9. The summed E-state index contributed by atoms with van der Waals surface area (Å²) in [6.07, 6.45) is 4.27. The van der Waals surface area contributed by atoms with Crippen molar-refractivity contribution >= 4 is 11.8 Å². The van der Waals surface area contributed by atoms with E-state index in [1.165, 1.54) is 6.07 Å². The lowest BCUT2D eigenvalue weighted by Gasteiger charge is -2.34. The zero-order chi connectivity index (χ0) is 14.5. The van der Waals surface area contributed by atoms with Crippen molar-refractivity contribution in [3.8, 4) is 0 Å². The van der Waals surface area contributed by atoms with Gasteiger partial charge in [0, 0.05) is 25.7 Å². The smallest absolute Gasteiger partial charge is 0.276 e. The average molecular weight is 276 g/mol.